The van der Waals surface area contributed by atoms with Crippen molar-refractivity contribution in [3.05, 3.63) is 71.8 Å². The molecular weight excluding hydrogens is 332 g/mol. The molecule has 26 heavy (non-hydrogen) atoms. The number of carbonyl (C=O) groups is 2. The molecule has 0 spiro atoms. The molecule has 0 saturated carbocycles. The molecule has 0 radical (unpaired) electrons. The average molecular weight is 348 g/mol. The van der Waals surface area contributed by atoms with Gasteiger partial charge in [-0.3, -0.25) is 0 Å². The van der Waals surface area contributed by atoms with E-state index in [-0.39, 0.29) is 11.1 Å². The Bertz CT molecular complexity index is 928. The van der Waals surface area contributed by atoms with Gasteiger partial charge in [-0.05, 0) is 35.4 Å². The van der Waals surface area contributed by atoms with Crippen LogP contribution in [0, 0.1) is 0 Å². The third-order valence-corrected chi connectivity index (χ3v) is 4.10. The van der Waals surface area contributed by atoms with Crippen LogP contribution in [0.2, 0.25) is 0 Å². The van der Waals surface area contributed by atoms with E-state index in [1.54, 1.807) is 12.1 Å². The molecule has 0 aliphatic heterocycles. The molecule has 6 heteroatoms. The fraction of sp³-hybridized carbons (Fsp3) is 0. The number of carboxylic acids is 2. The number of carboxylic acid groups (broad SMARTS) is 2. The molecule has 0 aliphatic rings. The number of hydrogen-bond acceptors (Lipinski definition) is 4. The molecule has 0 fully saturated rings. The quantitative estimate of drug-likeness (QED) is 0.534. The molecule has 0 aliphatic carbocycles. The topological polar surface area (TPSA) is 127 Å². The van der Waals surface area contributed by atoms with Crippen LogP contribution in [0.1, 0.15) is 20.7 Å². The molecule has 0 aromatic heterocycles. The van der Waals surface area contributed by atoms with Crippen molar-refractivity contribution in [1.82, 2.24) is 0 Å². The zero-order valence-electron chi connectivity index (χ0n) is 13.6. The number of nitrogens with two attached hydrogens (primary N) is 2. The van der Waals surface area contributed by atoms with Gasteiger partial charge in [0.05, 0.1) is 11.1 Å². The molecule has 0 saturated heterocycles. The number of hydrogen-bond donors (Lipinski definition) is 4. The van der Waals surface area contributed by atoms with Crippen LogP contribution in [0.4, 0.5) is 11.4 Å². The molecule has 0 bridgehead atoms. The lowest BCUT2D eigenvalue weighted by Gasteiger charge is -2.10. The molecule has 0 atom stereocenters. The Hall–Kier alpha value is -3.80. The summed E-state index contributed by atoms with van der Waals surface area (Å²) in [6.07, 6.45) is 0. The second-order valence-corrected chi connectivity index (χ2v) is 5.79. The summed E-state index contributed by atoms with van der Waals surface area (Å²) in [6, 6.07) is 16.6. The minimum atomic E-state index is -1.03. The van der Waals surface area contributed by atoms with Gasteiger partial charge in [-0.15, -0.1) is 0 Å². The van der Waals surface area contributed by atoms with E-state index in [1.807, 2.05) is 24.3 Å². The van der Waals surface area contributed by atoms with Gasteiger partial charge in [0.1, 0.15) is 0 Å². The largest absolute Gasteiger partial charge is 0.478 e. The first-order valence-corrected chi connectivity index (χ1v) is 7.73. The van der Waals surface area contributed by atoms with Gasteiger partial charge in [0.25, 0.3) is 0 Å². The van der Waals surface area contributed by atoms with E-state index in [1.165, 1.54) is 24.3 Å². The monoisotopic (exact) mass is 348 g/mol. The second-order valence-electron chi connectivity index (χ2n) is 5.79. The van der Waals surface area contributed by atoms with Crippen LogP contribution in [0.3, 0.4) is 0 Å². The molecule has 3 aromatic rings. The summed E-state index contributed by atoms with van der Waals surface area (Å²) in [7, 11) is 0. The lowest BCUT2D eigenvalue weighted by atomic mass is 9.97. The van der Waals surface area contributed by atoms with E-state index in [4.69, 9.17) is 21.7 Å². The summed E-state index contributed by atoms with van der Waals surface area (Å²) in [5, 5.41) is 18.0. The molecule has 0 amide bonds. The minimum Gasteiger partial charge on any atom is -0.478 e. The maximum absolute atomic E-state index is 11.0. The molecule has 0 unspecified atom stereocenters. The Morgan fingerprint density at radius 2 is 0.962 bits per heavy atom. The van der Waals surface area contributed by atoms with Gasteiger partial charge in [-0.1, -0.05) is 36.4 Å². The summed E-state index contributed by atoms with van der Waals surface area (Å²) in [6.45, 7) is 0. The van der Waals surface area contributed by atoms with Crippen LogP contribution in [0.15, 0.2) is 60.7 Å². The smallest absolute Gasteiger partial charge is 0.335 e. The highest BCUT2D eigenvalue weighted by atomic mass is 16.4. The lowest BCUT2D eigenvalue weighted by Crippen LogP contribution is -1.99. The Kier molecular flexibility index (Phi) is 4.33. The van der Waals surface area contributed by atoms with E-state index < -0.39 is 11.9 Å². The van der Waals surface area contributed by atoms with Crippen LogP contribution < -0.4 is 11.5 Å². The number of anilines is 2. The Morgan fingerprint density at radius 3 is 1.23 bits per heavy atom. The second kappa shape index (κ2) is 6.60. The van der Waals surface area contributed by atoms with Crippen molar-refractivity contribution < 1.29 is 19.8 Å². The van der Waals surface area contributed by atoms with Crippen molar-refractivity contribution in [3.8, 4) is 22.3 Å². The van der Waals surface area contributed by atoms with E-state index in [9.17, 15) is 9.59 Å². The standard InChI is InChI=1S/C20H16N2O4/c21-17-9-13(19(23)24)5-7-15(17)11-1-2-12(4-3-11)16-8-6-14(20(25)26)10-18(16)22/h1-10H,21-22H2,(H,23,24)(H,25,26). The van der Waals surface area contributed by atoms with Crippen LogP contribution in [-0.2, 0) is 0 Å². The molecule has 0 heterocycles. The van der Waals surface area contributed by atoms with Crippen LogP contribution in [-0.4, -0.2) is 22.2 Å². The lowest BCUT2D eigenvalue weighted by molar-refractivity contribution is 0.0686. The van der Waals surface area contributed by atoms with E-state index >= 15 is 0 Å². The van der Waals surface area contributed by atoms with E-state index in [0.29, 0.717) is 11.4 Å². The summed E-state index contributed by atoms with van der Waals surface area (Å²) in [5.41, 5.74) is 16.1. The highest BCUT2D eigenvalue weighted by Gasteiger charge is 2.10. The van der Waals surface area contributed by atoms with E-state index in [2.05, 4.69) is 0 Å². The third kappa shape index (κ3) is 3.21. The van der Waals surface area contributed by atoms with Gasteiger partial charge in [0, 0.05) is 22.5 Å². The van der Waals surface area contributed by atoms with Gasteiger partial charge in [0.2, 0.25) is 0 Å². The molecule has 6 N–H and O–H groups in total. The normalized spacial score (nSPS) is 10.5. The summed E-state index contributed by atoms with van der Waals surface area (Å²) < 4.78 is 0. The summed E-state index contributed by atoms with van der Waals surface area (Å²) in [5.74, 6) is -2.06. The first-order valence-electron chi connectivity index (χ1n) is 7.73. The van der Waals surface area contributed by atoms with Crippen molar-refractivity contribution in [1.29, 1.82) is 0 Å². The number of benzene rings is 3. The molecule has 130 valence electrons. The Labute approximate surface area is 149 Å². The fourth-order valence-electron chi connectivity index (χ4n) is 2.75. The van der Waals surface area contributed by atoms with Crippen molar-refractivity contribution in [3.63, 3.8) is 0 Å². The number of rotatable bonds is 4. The highest BCUT2D eigenvalue weighted by molar-refractivity contribution is 5.92. The maximum Gasteiger partial charge on any atom is 0.335 e. The van der Waals surface area contributed by atoms with Gasteiger partial charge in [-0.2, -0.15) is 0 Å². The van der Waals surface area contributed by atoms with Gasteiger partial charge in [0.15, 0.2) is 0 Å². The minimum absolute atomic E-state index is 0.133. The van der Waals surface area contributed by atoms with Gasteiger partial charge >= 0.3 is 11.9 Å². The fourth-order valence-corrected chi connectivity index (χ4v) is 2.75. The van der Waals surface area contributed by atoms with Crippen molar-refractivity contribution >= 4 is 23.3 Å². The summed E-state index contributed by atoms with van der Waals surface area (Å²) >= 11 is 0. The van der Waals surface area contributed by atoms with Crippen molar-refractivity contribution in [2.45, 2.75) is 0 Å². The molecular formula is C20H16N2O4. The Balaban J connectivity index is 1.94. The predicted octanol–water partition coefficient (Wildman–Crippen LogP) is 3.58. The predicted molar refractivity (Wildman–Crippen MR) is 100 cm³/mol. The summed E-state index contributed by atoms with van der Waals surface area (Å²) in [4.78, 5) is 22.0. The van der Waals surface area contributed by atoms with Crippen molar-refractivity contribution in [2.24, 2.45) is 0 Å². The third-order valence-electron chi connectivity index (χ3n) is 4.10. The number of aromatic carboxylic acids is 2. The zero-order chi connectivity index (χ0) is 18.8. The van der Waals surface area contributed by atoms with Crippen LogP contribution in [0.25, 0.3) is 22.3 Å². The van der Waals surface area contributed by atoms with Crippen molar-refractivity contribution in [2.75, 3.05) is 11.5 Å². The molecule has 3 aromatic carbocycles. The highest BCUT2D eigenvalue weighted by Crippen LogP contribution is 2.31. The number of nitrogen functional groups attached to an aromatic ring is 2. The zero-order valence-corrected chi connectivity index (χ0v) is 13.6. The first kappa shape index (κ1) is 17.0. The molecule has 6 nitrogen and oxygen atoms in total. The maximum atomic E-state index is 11.0. The van der Waals surface area contributed by atoms with Crippen LogP contribution >= 0.6 is 0 Å². The average Bonchev–Trinajstić information content (AvgIpc) is 2.61. The van der Waals surface area contributed by atoms with Crippen LogP contribution in [0.5, 0.6) is 0 Å². The van der Waals surface area contributed by atoms with Gasteiger partial charge in [-0.25, -0.2) is 9.59 Å². The SMILES string of the molecule is Nc1cc(C(=O)O)ccc1-c1ccc(-c2ccc(C(=O)O)cc2N)cc1. The van der Waals surface area contributed by atoms with E-state index in [0.717, 1.165) is 22.3 Å². The first-order chi connectivity index (χ1) is 12.4. The molecule has 3 rings (SSSR count). The Morgan fingerprint density at radius 1 is 0.615 bits per heavy atom. The van der Waals surface area contributed by atoms with Gasteiger partial charge < -0.3 is 21.7 Å².